The molecule has 6 heteroatoms. The summed E-state index contributed by atoms with van der Waals surface area (Å²) in [4.78, 5) is 12.6. The number of halogens is 2. The molecule has 0 radical (unpaired) electrons. The van der Waals surface area contributed by atoms with Crippen LogP contribution in [0.15, 0.2) is 28.7 Å². The predicted octanol–water partition coefficient (Wildman–Crippen LogP) is 3.03. The number of rotatable bonds is 5. The zero-order valence-electron chi connectivity index (χ0n) is 13.9. The van der Waals surface area contributed by atoms with E-state index in [-0.39, 0.29) is 23.7 Å². The number of hydrogen-bond acceptors (Lipinski definition) is 3. The first kappa shape index (κ1) is 20.4. The van der Waals surface area contributed by atoms with Crippen LogP contribution in [0.1, 0.15) is 32.3 Å². The van der Waals surface area contributed by atoms with Crippen LogP contribution in [-0.2, 0) is 14.9 Å². The van der Waals surface area contributed by atoms with Gasteiger partial charge in [0.05, 0.1) is 0 Å². The van der Waals surface area contributed by atoms with Gasteiger partial charge in [-0.2, -0.15) is 0 Å². The van der Waals surface area contributed by atoms with Crippen molar-refractivity contribution in [1.29, 1.82) is 0 Å². The third-order valence-corrected chi connectivity index (χ3v) is 5.01. The number of amides is 1. The normalized spacial score (nSPS) is 17.2. The van der Waals surface area contributed by atoms with Crippen LogP contribution in [0.25, 0.3) is 0 Å². The van der Waals surface area contributed by atoms with Gasteiger partial charge in [0, 0.05) is 23.5 Å². The molecule has 1 heterocycles. The Morgan fingerprint density at radius 1 is 1.39 bits per heavy atom. The molecule has 1 aliphatic heterocycles. The quantitative estimate of drug-likeness (QED) is 0.791. The van der Waals surface area contributed by atoms with Crippen LogP contribution in [0.3, 0.4) is 0 Å². The largest absolute Gasteiger partial charge is 0.368 e. The van der Waals surface area contributed by atoms with Gasteiger partial charge in [-0.25, -0.2) is 0 Å². The molecule has 23 heavy (non-hydrogen) atoms. The van der Waals surface area contributed by atoms with Gasteiger partial charge < -0.3 is 15.4 Å². The van der Waals surface area contributed by atoms with Crippen molar-refractivity contribution in [1.82, 2.24) is 10.6 Å². The van der Waals surface area contributed by atoms with Gasteiger partial charge in [0.25, 0.3) is 5.91 Å². The van der Waals surface area contributed by atoms with Crippen molar-refractivity contribution in [2.24, 2.45) is 0 Å². The lowest BCUT2D eigenvalue weighted by molar-refractivity contribution is -0.146. The smallest absolute Gasteiger partial charge is 0.252 e. The number of hydrogen-bond donors (Lipinski definition) is 2. The number of methoxy groups -OCH3 is 1. The SMILES string of the molecule is COC1(C(=O)NCC(C)(C)c2cccc(Br)c2)CCNCC1.Cl. The van der Waals surface area contributed by atoms with Gasteiger partial charge in [0.2, 0.25) is 0 Å². The summed E-state index contributed by atoms with van der Waals surface area (Å²) in [7, 11) is 1.63. The topological polar surface area (TPSA) is 50.4 Å². The molecule has 0 atom stereocenters. The Morgan fingerprint density at radius 2 is 2.04 bits per heavy atom. The number of ether oxygens (including phenoxy) is 1. The Kier molecular flexibility index (Phi) is 7.52. The van der Waals surface area contributed by atoms with Crippen molar-refractivity contribution in [2.75, 3.05) is 26.7 Å². The zero-order chi connectivity index (χ0) is 16.2. The van der Waals surface area contributed by atoms with Gasteiger partial charge in [0.1, 0.15) is 5.60 Å². The molecule has 130 valence electrons. The molecule has 4 nitrogen and oxygen atoms in total. The van der Waals surface area contributed by atoms with Crippen LogP contribution in [0.2, 0.25) is 0 Å². The van der Waals surface area contributed by atoms with Gasteiger partial charge in [-0.05, 0) is 43.6 Å². The maximum atomic E-state index is 12.6. The van der Waals surface area contributed by atoms with E-state index in [9.17, 15) is 4.79 Å². The fourth-order valence-corrected chi connectivity index (χ4v) is 3.23. The van der Waals surface area contributed by atoms with E-state index in [1.807, 2.05) is 12.1 Å². The van der Waals surface area contributed by atoms with Crippen LogP contribution < -0.4 is 10.6 Å². The summed E-state index contributed by atoms with van der Waals surface area (Å²) in [6, 6.07) is 8.22. The van der Waals surface area contributed by atoms with Crippen molar-refractivity contribution in [3.05, 3.63) is 34.3 Å². The fourth-order valence-electron chi connectivity index (χ4n) is 2.83. The molecular weight excluding hydrogens is 380 g/mol. The molecule has 0 unspecified atom stereocenters. The van der Waals surface area contributed by atoms with Crippen LogP contribution in [0.5, 0.6) is 0 Å². The molecule has 0 saturated carbocycles. The summed E-state index contributed by atoms with van der Waals surface area (Å²) in [6.45, 7) is 6.49. The van der Waals surface area contributed by atoms with Gasteiger partial charge in [-0.3, -0.25) is 4.79 Å². The number of carbonyl (C=O) groups excluding carboxylic acids is 1. The highest BCUT2D eigenvalue weighted by molar-refractivity contribution is 9.10. The Balaban J connectivity index is 0.00000264. The molecule has 0 aromatic heterocycles. The fraction of sp³-hybridized carbons (Fsp3) is 0.588. The zero-order valence-corrected chi connectivity index (χ0v) is 16.4. The second-order valence-electron chi connectivity index (χ2n) is 6.53. The van der Waals surface area contributed by atoms with Crippen LogP contribution in [0, 0.1) is 0 Å². The maximum absolute atomic E-state index is 12.6. The van der Waals surface area contributed by atoms with Gasteiger partial charge in [-0.15, -0.1) is 12.4 Å². The molecule has 0 aliphatic carbocycles. The van der Waals surface area contributed by atoms with Crippen molar-refractivity contribution < 1.29 is 9.53 Å². The Bertz CT molecular complexity index is 531. The highest BCUT2D eigenvalue weighted by Gasteiger charge is 2.40. The minimum absolute atomic E-state index is 0. The van der Waals surface area contributed by atoms with E-state index < -0.39 is 5.60 Å². The molecule has 1 aromatic rings. The minimum atomic E-state index is -0.682. The third-order valence-electron chi connectivity index (χ3n) is 4.51. The van der Waals surface area contributed by atoms with Crippen molar-refractivity contribution >= 4 is 34.2 Å². The van der Waals surface area contributed by atoms with Crippen molar-refractivity contribution in [2.45, 2.75) is 37.7 Å². The molecule has 1 aliphatic rings. The van der Waals surface area contributed by atoms with E-state index in [1.165, 1.54) is 5.56 Å². The molecule has 1 saturated heterocycles. The van der Waals surface area contributed by atoms with Crippen LogP contribution in [-0.4, -0.2) is 38.3 Å². The highest BCUT2D eigenvalue weighted by atomic mass is 79.9. The standard InChI is InChI=1S/C17H25BrN2O2.ClH/c1-16(2,13-5-4-6-14(18)11-13)12-20-15(21)17(22-3)7-9-19-10-8-17;/h4-6,11,19H,7-10,12H2,1-3H3,(H,20,21);1H. The lowest BCUT2D eigenvalue weighted by Crippen LogP contribution is -2.55. The van der Waals surface area contributed by atoms with Crippen molar-refractivity contribution in [3.63, 3.8) is 0 Å². The van der Waals surface area contributed by atoms with Gasteiger partial charge in [-0.1, -0.05) is 41.9 Å². The molecule has 2 rings (SSSR count). The number of carbonyl (C=O) groups is 1. The Morgan fingerprint density at radius 3 is 2.61 bits per heavy atom. The molecule has 1 amide bonds. The van der Waals surface area contributed by atoms with E-state index in [4.69, 9.17) is 4.74 Å². The molecule has 2 N–H and O–H groups in total. The van der Waals surface area contributed by atoms with E-state index in [0.29, 0.717) is 19.4 Å². The van der Waals surface area contributed by atoms with E-state index in [0.717, 1.165) is 17.6 Å². The van der Waals surface area contributed by atoms with Gasteiger partial charge in [0.15, 0.2) is 0 Å². The summed E-state index contributed by atoms with van der Waals surface area (Å²) in [5.74, 6) is -0.000396. The third kappa shape index (κ3) is 4.92. The average Bonchev–Trinajstić information content (AvgIpc) is 2.53. The number of nitrogens with one attached hydrogen (secondary N) is 2. The number of piperidine rings is 1. The second kappa shape index (κ2) is 8.47. The summed E-state index contributed by atoms with van der Waals surface area (Å²) in [5, 5.41) is 6.36. The highest BCUT2D eigenvalue weighted by Crippen LogP contribution is 2.27. The molecular formula is C17H26BrClN2O2. The molecule has 0 spiro atoms. The first-order valence-electron chi connectivity index (χ1n) is 7.70. The van der Waals surface area contributed by atoms with Crippen LogP contribution >= 0.6 is 28.3 Å². The van der Waals surface area contributed by atoms with E-state index in [2.05, 4.69) is 52.5 Å². The first-order valence-corrected chi connectivity index (χ1v) is 8.49. The molecule has 0 bridgehead atoms. The summed E-state index contributed by atoms with van der Waals surface area (Å²) in [6.07, 6.45) is 1.43. The lowest BCUT2D eigenvalue weighted by atomic mass is 9.84. The summed E-state index contributed by atoms with van der Waals surface area (Å²) < 4.78 is 6.62. The van der Waals surface area contributed by atoms with Crippen molar-refractivity contribution in [3.8, 4) is 0 Å². The van der Waals surface area contributed by atoms with Gasteiger partial charge >= 0.3 is 0 Å². The van der Waals surface area contributed by atoms with E-state index >= 15 is 0 Å². The Labute approximate surface area is 153 Å². The lowest BCUT2D eigenvalue weighted by Gasteiger charge is -2.36. The summed E-state index contributed by atoms with van der Waals surface area (Å²) >= 11 is 3.50. The van der Waals surface area contributed by atoms with E-state index in [1.54, 1.807) is 7.11 Å². The maximum Gasteiger partial charge on any atom is 0.252 e. The average molecular weight is 406 g/mol. The second-order valence-corrected chi connectivity index (χ2v) is 7.44. The van der Waals surface area contributed by atoms with Crippen LogP contribution in [0.4, 0.5) is 0 Å². The summed E-state index contributed by atoms with van der Waals surface area (Å²) in [5.41, 5.74) is 0.374. The monoisotopic (exact) mass is 404 g/mol. The minimum Gasteiger partial charge on any atom is -0.368 e. The number of benzene rings is 1. The predicted molar refractivity (Wildman–Crippen MR) is 99.3 cm³/mol. The molecule has 1 fully saturated rings. The molecule has 1 aromatic carbocycles. The first-order chi connectivity index (χ1) is 10.4. The Hall–Kier alpha value is -0.620.